The number of aliphatic hydroxyl groups excluding tert-OH is 1. The second-order valence-corrected chi connectivity index (χ2v) is 2.33. The molecular formula is C6H12O2. The predicted octanol–water partition coefficient (Wildman–Crippen LogP) is 0.546. The first-order chi connectivity index (χ1) is 3.83. The maximum atomic E-state index is 8.56. The van der Waals surface area contributed by atoms with Crippen LogP contribution in [0.2, 0.25) is 0 Å². The van der Waals surface area contributed by atoms with Gasteiger partial charge < -0.3 is 9.84 Å². The molecule has 0 aliphatic carbocycles. The minimum Gasteiger partial charge on any atom is -0.394 e. The highest BCUT2D eigenvalue weighted by molar-refractivity contribution is 4.68. The molecule has 1 N–H and O–H groups in total. The Morgan fingerprint density at radius 1 is 1.62 bits per heavy atom. The Morgan fingerprint density at radius 2 is 2.38 bits per heavy atom. The zero-order valence-corrected chi connectivity index (χ0v) is 5.13. The van der Waals surface area contributed by atoms with Gasteiger partial charge in [-0.1, -0.05) is 0 Å². The van der Waals surface area contributed by atoms with Crippen molar-refractivity contribution in [3.05, 3.63) is 0 Å². The molecule has 1 aliphatic heterocycles. The van der Waals surface area contributed by atoms with Crippen LogP contribution in [0.25, 0.3) is 0 Å². The summed E-state index contributed by atoms with van der Waals surface area (Å²) >= 11 is 0. The normalized spacial score (nSPS) is 38.2. The van der Waals surface area contributed by atoms with E-state index in [9.17, 15) is 0 Å². The first kappa shape index (κ1) is 6.05. The molecule has 48 valence electrons. The van der Waals surface area contributed by atoms with Crippen molar-refractivity contribution in [1.82, 2.24) is 0 Å². The van der Waals surface area contributed by atoms with Crippen LogP contribution in [0.4, 0.5) is 0 Å². The van der Waals surface area contributed by atoms with E-state index in [4.69, 9.17) is 9.84 Å². The van der Waals surface area contributed by atoms with Gasteiger partial charge >= 0.3 is 0 Å². The SMILES string of the molecule is CC1CC[C@@H](CO)O1. The molecule has 0 saturated carbocycles. The standard InChI is InChI=1S/C6H12O2/c1-5-2-3-6(4-7)8-5/h5-7H,2-4H2,1H3/t5?,6-/m0/s1. The van der Waals surface area contributed by atoms with Gasteiger partial charge in [0.25, 0.3) is 0 Å². The van der Waals surface area contributed by atoms with Crippen molar-refractivity contribution >= 4 is 0 Å². The summed E-state index contributed by atoms with van der Waals surface area (Å²) in [6, 6.07) is 0. The van der Waals surface area contributed by atoms with Gasteiger partial charge in [-0.2, -0.15) is 0 Å². The van der Waals surface area contributed by atoms with E-state index in [1.807, 2.05) is 6.92 Å². The predicted molar refractivity (Wildman–Crippen MR) is 30.7 cm³/mol. The number of rotatable bonds is 1. The molecule has 1 fully saturated rings. The van der Waals surface area contributed by atoms with Crippen LogP contribution in [-0.2, 0) is 4.74 Å². The van der Waals surface area contributed by atoms with E-state index >= 15 is 0 Å². The highest BCUT2D eigenvalue weighted by Gasteiger charge is 2.19. The van der Waals surface area contributed by atoms with Crippen molar-refractivity contribution < 1.29 is 9.84 Å². The summed E-state index contributed by atoms with van der Waals surface area (Å²) in [6.07, 6.45) is 2.63. The summed E-state index contributed by atoms with van der Waals surface area (Å²) in [5.41, 5.74) is 0. The van der Waals surface area contributed by atoms with Crippen LogP contribution in [0.1, 0.15) is 19.8 Å². The van der Waals surface area contributed by atoms with Gasteiger partial charge in [0.15, 0.2) is 0 Å². The lowest BCUT2D eigenvalue weighted by molar-refractivity contribution is 0.0198. The Kier molecular flexibility index (Phi) is 1.86. The minimum absolute atomic E-state index is 0.130. The molecule has 2 atom stereocenters. The molecular weight excluding hydrogens is 104 g/mol. The van der Waals surface area contributed by atoms with Crippen molar-refractivity contribution in [2.45, 2.75) is 32.0 Å². The van der Waals surface area contributed by atoms with E-state index < -0.39 is 0 Å². The number of ether oxygens (including phenoxy) is 1. The highest BCUT2D eigenvalue weighted by atomic mass is 16.5. The third kappa shape index (κ3) is 1.20. The van der Waals surface area contributed by atoms with Crippen molar-refractivity contribution in [2.75, 3.05) is 6.61 Å². The van der Waals surface area contributed by atoms with E-state index in [1.165, 1.54) is 0 Å². The Labute approximate surface area is 49.5 Å². The molecule has 0 aromatic rings. The van der Waals surface area contributed by atoms with Crippen LogP contribution in [0, 0.1) is 0 Å². The largest absolute Gasteiger partial charge is 0.394 e. The molecule has 2 nitrogen and oxygen atoms in total. The molecule has 1 unspecified atom stereocenters. The summed E-state index contributed by atoms with van der Waals surface area (Å²) in [4.78, 5) is 0. The molecule has 0 aromatic carbocycles. The number of hydrogen-bond donors (Lipinski definition) is 1. The zero-order chi connectivity index (χ0) is 5.98. The van der Waals surface area contributed by atoms with Crippen LogP contribution in [0.15, 0.2) is 0 Å². The monoisotopic (exact) mass is 116 g/mol. The third-order valence-electron chi connectivity index (χ3n) is 1.52. The van der Waals surface area contributed by atoms with E-state index in [0.717, 1.165) is 12.8 Å². The fourth-order valence-electron chi connectivity index (χ4n) is 1.02. The number of hydrogen-bond acceptors (Lipinski definition) is 2. The Bertz CT molecular complexity index is 72.9. The molecule has 0 amide bonds. The van der Waals surface area contributed by atoms with Crippen LogP contribution in [0.3, 0.4) is 0 Å². The smallest absolute Gasteiger partial charge is 0.0810 e. The first-order valence-electron chi connectivity index (χ1n) is 3.09. The van der Waals surface area contributed by atoms with Crippen LogP contribution < -0.4 is 0 Å². The highest BCUT2D eigenvalue weighted by Crippen LogP contribution is 2.17. The van der Waals surface area contributed by atoms with Crippen LogP contribution >= 0.6 is 0 Å². The molecule has 0 spiro atoms. The van der Waals surface area contributed by atoms with Gasteiger partial charge in [-0.25, -0.2) is 0 Å². The number of aliphatic hydroxyl groups is 1. The molecule has 0 radical (unpaired) electrons. The van der Waals surface area contributed by atoms with Gasteiger partial charge in [0.2, 0.25) is 0 Å². The summed E-state index contributed by atoms with van der Waals surface area (Å²) in [5.74, 6) is 0. The van der Waals surface area contributed by atoms with E-state index in [2.05, 4.69) is 0 Å². The molecule has 1 saturated heterocycles. The van der Waals surface area contributed by atoms with Crippen molar-refractivity contribution in [1.29, 1.82) is 0 Å². The maximum Gasteiger partial charge on any atom is 0.0810 e. The van der Waals surface area contributed by atoms with E-state index in [1.54, 1.807) is 0 Å². The fraction of sp³-hybridized carbons (Fsp3) is 1.00. The molecule has 1 aliphatic rings. The average molecular weight is 116 g/mol. The second kappa shape index (κ2) is 2.46. The minimum atomic E-state index is 0.130. The van der Waals surface area contributed by atoms with E-state index in [-0.39, 0.29) is 12.7 Å². The van der Waals surface area contributed by atoms with Gasteiger partial charge in [-0.05, 0) is 19.8 Å². The van der Waals surface area contributed by atoms with E-state index in [0.29, 0.717) is 6.10 Å². The first-order valence-corrected chi connectivity index (χ1v) is 3.09. The lowest BCUT2D eigenvalue weighted by Crippen LogP contribution is -2.11. The van der Waals surface area contributed by atoms with Gasteiger partial charge in [0.05, 0.1) is 18.8 Å². The van der Waals surface area contributed by atoms with Crippen molar-refractivity contribution in [3.8, 4) is 0 Å². The molecule has 1 heterocycles. The summed E-state index contributed by atoms with van der Waals surface area (Å²) in [6.45, 7) is 2.22. The maximum absolute atomic E-state index is 8.56. The summed E-state index contributed by atoms with van der Waals surface area (Å²) < 4.78 is 5.26. The molecule has 2 heteroatoms. The molecule has 1 rings (SSSR count). The second-order valence-electron chi connectivity index (χ2n) is 2.33. The lowest BCUT2D eigenvalue weighted by Gasteiger charge is -2.05. The Hall–Kier alpha value is -0.0800. The van der Waals surface area contributed by atoms with Gasteiger partial charge in [0.1, 0.15) is 0 Å². The Balaban J connectivity index is 2.22. The average Bonchev–Trinajstić information content (AvgIpc) is 2.14. The van der Waals surface area contributed by atoms with Gasteiger partial charge in [-0.3, -0.25) is 0 Å². The molecule has 8 heavy (non-hydrogen) atoms. The van der Waals surface area contributed by atoms with Crippen LogP contribution in [-0.4, -0.2) is 23.9 Å². The summed E-state index contributed by atoms with van der Waals surface area (Å²) in [5, 5.41) is 8.56. The topological polar surface area (TPSA) is 29.5 Å². The van der Waals surface area contributed by atoms with Gasteiger partial charge in [-0.15, -0.1) is 0 Å². The summed E-state index contributed by atoms with van der Waals surface area (Å²) in [7, 11) is 0. The lowest BCUT2D eigenvalue weighted by atomic mass is 10.2. The fourth-order valence-corrected chi connectivity index (χ4v) is 1.02. The van der Waals surface area contributed by atoms with Crippen LogP contribution in [0.5, 0.6) is 0 Å². The van der Waals surface area contributed by atoms with Crippen molar-refractivity contribution in [2.24, 2.45) is 0 Å². The Morgan fingerprint density at radius 3 is 2.62 bits per heavy atom. The zero-order valence-electron chi connectivity index (χ0n) is 5.13. The third-order valence-corrected chi connectivity index (χ3v) is 1.52. The van der Waals surface area contributed by atoms with Crippen molar-refractivity contribution in [3.63, 3.8) is 0 Å². The molecule has 0 aromatic heterocycles. The molecule has 0 bridgehead atoms. The quantitative estimate of drug-likeness (QED) is 0.542. The van der Waals surface area contributed by atoms with Gasteiger partial charge in [0, 0.05) is 0 Å².